The van der Waals surface area contributed by atoms with Gasteiger partial charge in [-0.1, -0.05) is 25.1 Å². The van der Waals surface area contributed by atoms with Gasteiger partial charge in [-0.05, 0) is 87.5 Å². The SMILES string of the molecule is COc1cc2c(Oc3ccc(NC(=O)c4nn(-c5c(C)cccc5C)c(=O)n4C)cc3F)ccnc2cc1OCCCN1CCC(C)CC1. The molecule has 2 aromatic heterocycles. The average molecular weight is 669 g/mol. The highest BCUT2D eigenvalue weighted by atomic mass is 19.1. The van der Waals surface area contributed by atoms with Crippen molar-refractivity contribution >= 4 is 22.5 Å². The molecule has 49 heavy (non-hydrogen) atoms. The number of anilines is 1. The molecule has 0 atom stereocenters. The topological polar surface area (TPSA) is 113 Å². The molecule has 0 radical (unpaired) electrons. The first-order chi connectivity index (χ1) is 23.6. The number of fused-ring (bicyclic) bond motifs is 1. The Morgan fingerprint density at radius 2 is 1.76 bits per heavy atom. The molecule has 1 N–H and O–H groups in total. The lowest BCUT2D eigenvalue weighted by Crippen LogP contribution is -2.34. The second-order valence-corrected chi connectivity index (χ2v) is 12.6. The van der Waals surface area contributed by atoms with Gasteiger partial charge < -0.3 is 24.4 Å². The number of carbonyl (C=O) groups excluding carboxylic acids is 1. The van der Waals surface area contributed by atoms with Gasteiger partial charge in [-0.2, -0.15) is 4.68 Å². The Hall–Kier alpha value is -5.23. The number of hydrogen-bond acceptors (Lipinski definition) is 8. The first-order valence-corrected chi connectivity index (χ1v) is 16.5. The second-order valence-electron chi connectivity index (χ2n) is 12.6. The lowest BCUT2D eigenvalue weighted by molar-refractivity contribution is 0.101. The van der Waals surface area contributed by atoms with Gasteiger partial charge in [0.2, 0.25) is 5.82 Å². The van der Waals surface area contributed by atoms with Crippen LogP contribution in [0.25, 0.3) is 16.6 Å². The fourth-order valence-corrected chi connectivity index (χ4v) is 6.13. The monoisotopic (exact) mass is 668 g/mol. The van der Waals surface area contributed by atoms with Crippen molar-refractivity contribution in [2.45, 2.75) is 40.0 Å². The van der Waals surface area contributed by atoms with Crippen molar-refractivity contribution in [3.63, 3.8) is 0 Å². The smallest absolute Gasteiger partial charge is 0.350 e. The molecule has 0 saturated carbocycles. The van der Waals surface area contributed by atoms with Crippen LogP contribution in [0.5, 0.6) is 23.0 Å². The third-order valence-electron chi connectivity index (χ3n) is 8.98. The summed E-state index contributed by atoms with van der Waals surface area (Å²) >= 11 is 0. The van der Waals surface area contributed by atoms with Gasteiger partial charge in [-0.25, -0.2) is 9.18 Å². The summed E-state index contributed by atoms with van der Waals surface area (Å²) < 4.78 is 35.5. The van der Waals surface area contributed by atoms with Crippen LogP contribution in [-0.4, -0.2) is 63.5 Å². The lowest BCUT2D eigenvalue weighted by atomic mass is 9.99. The Morgan fingerprint density at radius 1 is 1.00 bits per heavy atom. The van der Waals surface area contributed by atoms with Crippen LogP contribution >= 0.6 is 0 Å². The summed E-state index contributed by atoms with van der Waals surface area (Å²) in [6.45, 7) is 9.84. The highest BCUT2D eigenvalue weighted by Crippen LogP contribution is 2.38. The van der Waals surface area contributed by atoms with Crippen LogP contribution in [0, 0.1) is 25.6 Å². The van der Waals surface area contributed by atoms with Gasteiger partial charge in [-0.15, -0.1) is 5.10 Å². The van der Waals surface area contributed by atoms with Crippen molar-refractivity contribution in [2.24, 2.45) is 13.0 Å². The second kappa shape index (κ2) is 14.5. The van der Waals surface area contributed by atoms with Gasteiger partial charge in [0, 0.05) is 43.0 Å². The van der Waals surface area contributed by atoms with Crippen LogP contribution in [0.4, 0.5) is 10.1 Å². The predicted molar refractivity (Wildman–Crippen MR) is 186 cm³/mol. The van der Waals surface area contributed by atoms with Crippen LogP contribution in [0.1, 0.15) is 47.9 Å². The van der Waals surface area contributed by atoms with E-state index in [4.69, 9.17) is 14.2 Å². The third kappa shape index (κ3) is 7.29. The highest BCUT2D eigenvalue weighted by molar-refractivity contribution is 6.01. The largest absolute Gasteiger partial charge is 0.493 e. The van der Waals surface area contributed by atoms with E-state index >= 15 is 4.39 Å². The molecule has 1 aliphatic rings. The minimum Gasteiger partial charge on any atom is -0.493 e. The summed E-state index contributed by atoms with van der Waals surface area (Å²) in [5.74, 6) is 0.734. The summed E-state index contributed by atoms with van der Waals surface area (Å²) in [5, 5.41) is 7.54. The number of aryl methyl sites for hydroxylation is 2. The molecule has 1 fully saturated rings. The zero-order chi connectivity index (χ0) is 34.7. The number of piperidine rings is 1. The Kier molecular flexibility index (Phi) is 9.95. The first-order valence-electron chi connectivity index (χ1n) is 16.5. The molecule has 11 nitrogen and oxygen atoms in total. The number of pyridine rings is 1. The van der Waals surface area contributed by atoms with Gasteiger partial charge in [-0.3, -0.25) is 14.3 Å². The molecule has 1 aliphatic heterocycles. The molecule has 1 amide bonds. The number of ether oxygens (including phenoxy) is 3. The number of methoxy groups -OCH3 is 1. The van der Waals surface area contributed by atoms with Crippen molar-refractivity contribution in [2.75, 3.05) is 38.7 Å². The molecule has 0 spiro atoms. The molecule has 0 bridgehead atoms. The van der Waals surface area contributed by atoms with Crippen LogP contribution in [-0.2, 0) is 7.05 Å². The third-order valence-corrected chi connectivity index (χ3v) is 8.98. The predicted octanol–water partition coefficient (Wildman–Crippen LogP) is 6.43. The molecular formula is C37H41FN6O5. The maximum atomic E-state index is 15.4. The van der Waals surface area contributed by atoms with E-state index in [1.54, 1.807) is 31.5 Å². The van der Waals surface area contributed by atoms with Crippen LogP contribution in [0.15, 0.2) is 65.6 Å². The van der Waals surface area contributed by atoms with E-state index in [1.807, 2.05) is 32.0 Å². The molecule has 256 valence electrons. The number of aromatic nitrogens is 4. The average Bonchev–Trinajstić information content (AvgIpc) is 3.38. The molecule has 6 rings (SSSR count). The minimum absolute atomic E-state index is 0.0522. The van der Waals surface area contributed by atoms with Crippen molar-refractivity contribution in [1.29, 1.82) is 0 Å². The van der Waals surface area contributed by atoms with Crippen LogP contribution < -0.4 is 25.2 Å². The number of nitrogens with zero attached hydrogens (tertiary/aromatic N) is 5. The van der Waals surface area contributed by atoms with Gasteiger partial charge in [0.15, 0.2) is 23.1 Å². The van der Waals surface area contributed by atoms with Crippen molar-refractivity contribution < 1.29 is 23.4 Å². The Bertz CT molecular complexity index is 2030. The quantitative estimate of drug-likeness (QED) is 0.160. The number of benzene rings is 3. The number of nitrogens with one attached hydrogen (secondary N) is 1. The van der Waals surface area contributed by atoms with Gasteiger partial charge >= 0.3 is 5.69 Å². The fraction of sp³-hybridized carbons (Fsp3) is 0.351. The minimum atomic E-state index is -0.701. The Balaban J connectivity index is 1.14. The molecule has 3 heterocycles. The number of rotatable bonds is 11. The first kappa shape index (κ1) is 33.7. The summed E-state index contributed by atoms with van der Waals surface area (Å²) in [5.41, 5.74) is 2.59. The number of likely N-dealkylation sites (tertiary alicyclic amines) is 1. The van der Waals surface area contributed by atoms with E-state index in [0.29, 0.717) is 40.4 Å². The molecule has 5 aromatic rings. The van der Waals surface area contributed by atoms with E-state index in [2.05, 4.69) is 27.2 Å². The van der Waals surface area contributed by atoms with Crippen molar-refractivity contribution in [3.8, 4) is 28.7 Å². The molecule has 3 aromatic carbocycles. The van der Waals surface area contributed by atoms with Crippen molar-refractivity contribution in [3.05, 3.63) is 94.0 Å². The van der Waals surface area contributed by atoms with Crippen molar-refractivity contribution in [1.82, 2.24) is 24.2 Å². The van der Waals surface area contributed by atoms with Gasteiger partial charge in [0.25, 0.3) is 5.91 Å². The lowest BCUT2D eigenvalue weighted by Gasteiger charge is -2.30. The highest BCUT2D eigenvalue weighted by Gasteiger charge is 2.21. The zero-order valence-electron chi connectivity index (χ0n) is 28.5. The van der Waals surface area contributed by atoms with E-state index in [0.717, 1.165) is 53.7 Å². The summed E-state index contributed by atoms with van der Waals surface area (Å²) in [6, 6.07) is 14.9. The zero-order valence-corrected chi connectivity index (χ0v) is 28.5. The normalized spacial score (nSPS) is 13.8. The number of hydrogen-bond donors (Lipinski definition) is 1. The summed E-state index contributed by atoms with van der Waals surface area (Å²) in [6.07, 6.45) is 4.96. The van der Waals surface area contributed by atoms with E-state index in [1.165, 1.54) is 36.7 Å². The standard InChI is InChI=1S/C37H41FN6O5/c1-23-13-17-43(18-14-23)16-7-19-48-33-22-29-27(21-32(33)47-5)30(12-15-39-29)49-31-11-10-26(20-28(31)38)40-36(45)35-41-44(37(46)42(35)4)34-24(2)8-6-9-25(34)3/h6,8-12,15,20-23H,7,13-14,16-19H2,1-5H3,(H,40,45). The van der Waals surface area contributed by atoms with Crippen LogP contribution in [0.2, 0.25) is 0 Å². The molecular weight excluding hydrogens is 627 g/mol. The van der Waals surface area contributed by atoms with Crippen LogP contribution in [0.3, 0.4) is 0 Å². The Labute approximate surface area is 284 Å². The maximum absolute atomic E-state index is 15.4. The van der Waals surface area contributed by atoms with Gasteiger partial charge in [0.05, 0.1) is 24.9 Å². The number of para-hydroxylation sites is 1. The molecule has 0 unspecified atom stereocenters. The summed E-state index contributed by atoms with van der Waals surface area (Å²) in [7, 11) is 3.03. The molecule has 1 saturated heterocycles. The fourth-order valence-electron chi connectivity index (χ4n) is 6.13. The molecule has 0 aliphatic carbocycles. The number of carbonyl (C=O) groups is 1. The van der Waals surface area contributed by atoms with E-state index in [9.17, 15) is 9.59 Å². The van der Waals surface area contributed by atoms with E-state index < -0.39 is 17.4 Å². The summed E-state index contributed by atoms with van der Waals surface area (Å²) in [4.78, 5) is 33.1. The maximum Gasteiger partial charge on any atom is 0.350 e. The number of amides is 1. The van der Waals surface area contributed by atoms with E-state index in [-0.39, 0.29) is 17.3 Å². The van der Waals surface area contributed by atoms with Gasteiger partial charge in [0.1, 0.15) is 5.75 Å². The number of halogens is 1. The molecule has 12 heteroatoms. The Morgan fingerprint density at radius 3 is 2.47 bits per heavy atom.